The molecule has 0 unspecified atom stereocenters. The van der Waals surface area contributed by atoms with Crippen molar-refractivity contribution in [1.29, 1.82) is 0 Å². The molecule has 0 aliphatic carbocycles. The van der Waals surface area contributed by atoms with Crippen LogP contribution in [0.5, 0.6) is 11.5 Å². The lowest BCUT2D eigenvalue weighted by Gasteiger charge is -2.20. The Balaban J connectivity index is 2.03. The zero-order valence-electron chi connectivity index (χ0n) is 17.0. The number of aryl methyl sites for hydroxylation is 2. The van der Waals surface area contributed by atoms with Crippen LogP contribution in [0.3, 0.4) is 0 Å². The van der Waals surface area contributed by atoms with Crippen molar-refractivity contribution < 1.29 is 14.3 Å². The summed E-state index contributed by atoms with van der Waals surface area (Å²) < 4.78 is 13.7. The molecule has 0 spiro atoms. The van der Waals surface area contributed by atoms with Crippen LogP contribution in [0.1, 0.15) is 29.4 Å². The van der Waals surface area contributed by atoms with E-state index in [0.29, 0.717) is 33.8 Å². The highest BCUT2D eigenvalue weighted by Crippen LogP contribution is 2.37. The number of rotatable bonds is 7. The second-order valence-corrected chi connectivity index (χ2v) is 8.23. The second-order valence-electron chi connectivity index (χ2n) is 6.56. The molecule has 3 rings (SSSR count). The van der Waals surface area contributed by atoms with Gasteiger partial charge in [-0.1, -0.05) is 17.8 Å². The molecule has 0 bridgehead atoms. The minimum Gasteiger partial charge on any atom is -0.493 e. The van der Waals surface area contributed by atoms with Gasteiger partial charge in [-0.05, 0) is 75.3 Å². The van der Waals surface area contributed by atoms with Gasteiger partial charge in [0.1, 0.15) is 0 Å². The molecule has 29 heavy (non-hydrogen) atoms. The van der Waals surface area contributed by atoms with Gasteiger partial charge in [0.15, 0.2) is 15.8 Å². The van der Waals surface area contributed by atoms with E-state index in [9.17, 15) is 4.79 Å². The van der Waals surface area contributed by atoms with Gasteiger partial charge in [-0.15, -0.1) is 6.58 Å². The van der Waals surface area contributed by atoms with Gasteiger partial charge in [0.25, 0.3) is 5.91 Å². The van der Waals surface area contributed by atoms with Gasteiger partial charge in [-0.2, -0.15) is 5.01 Å². The third-order valence-corrected chi connectivity index (χ3v) is 5.81. The number of carbonyl (C=O) groups is 1. The summed E-state index contributed by atoms with van der Waals surface area (Å²) in [5, 5.41) is 1.55. The monoisotopic (exact) mass is 428 g/mol. The first-order valence-corrected chi connectivity index (χ1v) is 10.5. The van der Waals surface area contributed by atoms with E-state index in [0.717, 1.165) is 22.5 Å². The van der Waals surface area contributed by atoms with Crippen LogP contribution < -0.4 is 14.5 Å². The van der Waals surface area contributed by atoms with Crippen LogP contribution in [-0.4, -0.2) is 28.6 Å². The van der Waals surface area contributed by atoms with E-state index in [2.05, 4.69) is 6.58 Å². The van der Waals surface area contributed by atoms with Crippen LogP contribution in [0.15, 0.2) is 41.8 Å². The molecule has 1 aliphatic heterocycles. The number of hydrogen-bond acceptors (Lipinski definition) is 5. The number of aromatic nitrogens is 1. The first kappa shape index (κ1) is 21.2. The Kier molecular flexibility index (Phi) is 6.49. The smallest absolute Gasteiger partial charge is 0.285 e. The van der Waals surface area contributed by atoms with Gasteiger partial charge in [0.2, 0.25) is 0 Å². The van der Waals surface area contributed by atoms with Crippen molar-refractivity contribution in [3.8, 4) is 11.5 Å². The summed E-state index contributed by atoms with van der Waals surface area (Å²) in [5.74, 6) is 1.20. The standard InChI is InChI=1S/C22H24N2O3S2/c1-6-8-17-11-16(12-18(27-7-2)20(17)26-5)13-19-21(25)24(22(28)29-19)23-14(3)9-10-15(23)4/h6,9-13H,1,7-8H2,2-5H3/b19-13+. The topological polar surface area (TPSA) is 43.7 Å². The lowest BCUT2D eigenvalue weighted by atomic mass is 10.0. The molecule has 0 saturated carbocycles. The molecule has 1 aromatic heterocycles. The molecule has 0 radical (unpaired) electrons. The molecule has 2 aromatic rings. The maximum Gasteiger partial charge on any atom is 0.285 e. The summed E-state index contributed by atoms with van der Waals surface area (Å²) in [6.45, 7) is 10.2. The highest BCUT2D eigenvalue weighted by atomic mass is 32.2. The summed E-state index contributed by atoms with van der Waals surface area (Å²) >= 11 is 6.80. The third-order valence-electron chi connectivity index (χ3n) is 4.53. The minimum atomic E-state index is -0.138. The van der Waals surface area contributed by atoms with Gasteiger partial charge >= 0.3 is 0 Å². The Morgan fingerprint density at radius 1 is 1.24 bits per heavy atom. The number of methoxy groups -OCH3 is 1. The molecule has 5 nitrogen and oxygen atoms in total. The normalized spacial score (nSPS) is 15.3. The fourth-order valence-corrected chi connectivity index (χ4v) is 4.57. The number of hydrogen-bond donors (Lipinski definition) is 0. The number of ether oxygens (including phenoxy) is 2. The Morgan fingerprint density at radius 2 is 1.93 bits per heavy atom. The van der Waals surface area contributed by atoms with Crippen molar-refractivity contribution in [2.24, 2.45) is 0 Å². The van der Waals surface area contributed by atoms with E-state index in [1.54, 1.807) is 12.1 Å². The lowest BCUT2D eigenvalue weighted by molar-refractivity contribution is -0.114. The van der Waals surface area contributed by atoms with E-state index in [-0.39, 0.29) is 5.91 Å². The van der Waals surface area contributed by atoms with Crippen LogP contribution in [-0.2, 0) is 11.2 Å². The number of benzene rings is 1. The van der Waals surface area contributed by atoms with Gasteiger partial charge in [-0.25, -0.2) is 0 Å². The quantitative estimate of drug-likeness (QED) is 0.361. The predicted molar refractivity (Wildman–Crippen MR) is 123 cm³/mol. The predicted octanol–water partition coefficient (Wildman–Crippen LogP) is 4.78. The van der Waals surface area contributed by atoms with Crippen LogP contribution in [0.4, 0.5) is 0 Å². The molecule has 1 saturated heterocycles. The van der Waals surface area contributed by atoms with Gasteiger partial charge in [0, 0.05) is 17.0 Å². The molecular formula is C22H24N2O3S2. The summed E-state index contributed by atoms with van der Waals surface area (Å²) in [5.41, 5.74) is 3.72. The SMILES string of the molecule is C=CCc1cc(/C=C2/SC(=S)N(n3c(C)ccc3C)C2=O)cc(OCC)c1OC. The Morgan fingerprint density at radius 3 is 2.52 bits per heavy atom. The maximum atomic E-state index is 13.1. The Bertz CT molecular complexity index is 988. The molecule has 1 fully saturated rings. The zero-order chi connectivity index (χ0) is 21.1. The van der Waals surface area contributed by atoms with E-state index >= 15 is 0 Å². The van der Waals surface area contributed by atoms with Crippen molar-refractivity contribution in [1.82, 2.24) is 4.68 Å². The molecule has 1 amide bonds. The van der Waals surface area contributed by atoms with Crippen molar-refractivity contribution in [2.45, 2.75) is 27.2 Å². The zero-order valence-corrected chi connectivity index (χ0v) is 18.7. The maximum absolute atomic E-state index is 13.1. The summed E-state index contributed by atoms with van der Waals surface area (Å²) in [6, 6.07) is 7.81. The van der Waals surface area contributed by atoms with Crippen molar-refractivity contribution in [3.63, 3.8) is 0 Å². The van der Waals surface area contributed by atoms with Crippen molar-refractivity contribution >= 4 is 40.3 Å². The molecule has 0 atom stereocenters. The van der Waals surface area contributed by atoms with E-state index in [4.69, 9.17) is 21.7 Å². The molecule has 7 heteroatoms. The molecule has 0 N–H and O–H groups in total. The van der Waals surface area contributed by atoms with E-state index in [1.807, 2.05) is 61.9 Å². The van der Waals surface area contributed by atoms with Gasteiger partial charge in [0.05, 0.1) is 18.6 Å². The average Bonchev–Trinajstić information content (AvgIpc) is 3.14. The first-order valence-electron chi connectivity index (χ1n) is 9.29. The van der Waals surface area contributed by atoms with Crippen LogP contribution in [0, 0.1) is 13.8 Å². The Hall–Kier alpha value is -2.51. The molecule has 152 valence electrons. The fraction of sp³-hybridized carbons (Fsp3) is 0.273. The molecule has 1 aromatic carbocycles. The highest BCUT2D eigenvalue weighted by molar-refractivity contribution is 8.27. The summed E-state index contributed by atoms with van der Waals surface area (Å²) in [4.78, 5) is 13.7. The average molecular weight is 429 g/mol. The number of amides is 1. The first-order chi connectivity index (χ1) is 13.9. The number of thiocarbonyl (C=S) groups is 1. The van der Waals surface area contributed by atoms with Crippen LogP contribution >= 0.6 is 24.0 Å². The lowest BCUT2D eigenvalue weighted by Crippen LogP contribution is -2.39. The number of thioether (sulfide) groups is 1. The number of carbonyl (C=O) groups excluding carboxylic acids is 1. The van der Waals surface area contributed by atoms with Gasteiger partial charge in [-0.3, -0.25) is 9.47 Å². The van der Waals surface area contributed by atoms with Gasteiger partial charge < -0.3 is 9.47 Å². The third kappa shape index (κ3) is 4.11. The van der Waals surface area contributed by atoms with E-state index in [1.165, 1.54) is 11.8 Å². The van der Waals surface area contributed by atoms with Crippen LogP contribution in [0.2, 0.25) is 0 Å². The van der Waals surface area contributed by atoms with Crippen molar-refractivity contribution in [3.05, 3.63) is 64.3 Å². The molecular weight excluding hydrogens is 404 g/mol. The Labute approximate surface area is 181 Å². The fourth-order valence-electron chi connectivity index (χ4n) is 3.33. The van der Waals surface area contributed by atoms with Crippen molar-refractivity contribution in [2.75, 3.05) is 18.7 Å². The number of allylic oxidation sites excluding steroid dienone is 1. The minimum absolute atomic E-state index is 0.138. The number of nitrogens with zero attached hydrogens (tertiary/aromatic N) is 2. The van der Waals surface area contributed by atoms with E-state index < -0.39 is 0 Å². The second kappa shape index (κ2) is 8.88. The molecule has 2 heterocycles. The van der Waals surface area contributed by atoms with Crippen LogP contribution in [0.25, 0.3) is 6.08 Å². The largest absolute Gasteiger partial charge is 0.493 e. The highest BCUT2D eigenvalue weighted by Gasteiger charge is 2.34. The summed E-state index contributed by atoms with van der Waals surface area (Å²) in [7, 11) is 1.62. The summed E-state index contributed by atoms with van der Waals surface area (Å²) in [6.07, 6.45) is 4.30. The molecule has 1 aliphatic rings.